The highest BCUT2D eigenvalue weighted by atomic mass is 16.5. The van der Waals surface area contributed by atoms with Crippen LogP contribution in [0.4, 0.5) is 0 Å². The lowest BCUT2D eigenvalue weighted by molar-refractivity contribution is -0.145. The highest BCUT2D eigenvalue weighted by Crippen LogP contribution is 2.04. The minimum absolute atomic E-state index is 0.162. The van der Waals surface area contributed by atoms with Crippen molar-refractivity contribution in [2.75, 3.05) is 19.6 Å². The third-order valence-electron chi connectivity index (χ3n) is 3.39. The summed E-state index contributed by atoms with van der Waals surface area (Å²) in [6.07, 6.45) is 2.03. The molecule has 0 aliphatic rings. The van der Waals surface area contributed by atoms with Crippen LogP contribution in [0.5, 0.6) is 0 Å². The molecular weight excluding hydrogens is 278 g/mol. The lowest BCUT2D eigenvalue weighted by atomic mass is 10.2. The monoisotopic (exact) mass is 305 g/mol. The minimum atomic E-state index is -0.162. The van der Waals surface area contributed by atoms with E-state index in [2.05, 4.69) is 18.8 Å². The summed E-state index contributed by atoms with van der Waals surface area (Å²) in [6, 6.07) is 9.69. The van der Waals surface area contributed by atoms with Gasteiger partial charge in [0.15, 0.2) is 5.96 Å². The van der Waals surface area contributed by atoms with Gasteiger partial charge in [-0.2, -0.15) is 0 Å². The number of carbonyl (C=O) groups excluding carboxylic acids is 1. The fraction of sp³-hybridized carbons (Fsp3) is 0.529. The molecule has 0 bridgehead atoms. The predicted octanol–water partition coefficient (Wildman–Crippen LogP) is 2.56. The number of nitrogens with zero attached hydrogens (tertiary/aromatic N) is 2. The van der Waals surface area contributed by atoms with Crippen molar-refractivity contribution >= 4 is 11.9 Å². The van der Waals surface area contributed by atoms with E-state index < -0.39 is 0 Å². The first-order valence-corrected chi connectivity index (χ1v) is 7.91. The van der Waals surface area contributed by atoms with Crippen molar-refractivity contribution < 1.29 is 9.53 Å². The molecule has 5 heteroatoms. The molecule has 0 saturated heterocycles. The summed E-state index contributed by atoms with van der Waals surface area (Å²) >= 11 is 0. The molecule has 2 N–H and O–H groups in total. The molecule has 0 aliphatic carbocycles. The summed E-state index contributed by atoms with van der Waals surface area (Å²) in [5, 5.41) is 0. The number of ether oxygens (including phenoxy) is 1. The second-order valence-electron chi connectivity index (χ2n) is 5.02. The molecule has 0 saturated carbocycles. The first-order chi connectivity index (χ1) is 10.7. The van der Waals surface area contributed by atoms with Gasteiger partial charge < -0.3 is 15.4 Å². The van der Waals surface area contributed by atoms with E-state index in [1.54, 1.807) is 0 Å². The van der Waals surface area contributed by atoms with E-state index in [1.165, 1.54) is 0 Å². The SMILES string of the molecule is CCN(CC)C(N)=NCCCCC(=O)OCc1ccccc1. The Balaban J connectivity index is 2.14. The minimum Gasteiger partial charge on any atom is -0.461 e. The number of hydrogen-bond acceptors (Lipinski definition) is 3. The van der Waals surface area contributed by atoms with Gasteiger partial charge in [0.1, 0.15) is 6.61 Å². The summed E-state index contributed by atoms with van der Waals surface area (Å²) in [4.78, 5) is 18.0. The van der Waals surface area contributed by atoms with Gasteiger partial charge in [0.05, 0.1) is 0 Å². The Bertz CT molecular complexity index is 456. The molecule has 122 valence electrons. The van der Waals surface area contributed by atoms with Gasteiger partial charge in [-0.15, -0.1) is 0 Å². The second kappa shape index (κ2) is 10.7. The quantitative estimate of drug-likeness (QED) is 0.329. The van der Waals surface area contributed by atoms with Crippen molar-refractivity contribution in [3.8, 4) is 0 Å². The number of nitrogens with two attached hydrogens (primary N) is 1. The van der Waals surface area contributed by atoms with E-state index in [-0.39, 0.29) is 5.97 Å². The summed E-state index contributed by atoms with van der Waals surface area (Å²) in [7, 11) is 0. The van der Waals surface area contributed by atoms with Gasteiger partial charge in [-0.1, -0.05) is 30.3 Å². The zero-order valence-corrected chi connectivity index (χ0v) is 13.6. The van der Waals surface area contributed by atoms with E-state index in [0.29, 0.717) is 25.5 Å². The first kappa shape index (κ1) is 18.0. The Labute approximate surface area is 133 Å². The van der Waals surface area contributed by atoms with Crippen LogP contribution in [0.1, 0.15) is 38.7 Å². The molecule has 1 aromatic rings. The molecule has 5 nitrogen and oxygen atoms in total. The van der Waals surface area contributed by atoms with Crippen molar-refractivity contribution in [3.63, 3.8) is 0 Å². The van der Waals surface area contributed by atoms with Crippen LogP contribution in [0.15, 0.2) is 35.3 Å². The van der Waals surface area contributed by atoms with E-state index in [4.69, 9.17) is 10.5 Å². The molecule has 0 fully saturated rings. The van der Waals surface area contributed by atoms with Crippen LogP contribution in [-0.4, -0.2) is 36.5 Å². The maximum absolute atomic E-state index is 11.6. The molecule has 0 aliphatic heterocycles. The molecule has 0 amide bonds. The molecule has 0 atom stereocenters. The molecule has 0 radical (unpaired) electrons. The van der Waals surface area contributed by atoms with Gasteiger partial charge in [-0.3, -0.25) is 9.79 Å². The van der Waals surface area contributed by atoms with Gasteiger partial charge in [0.2, 0.25) is 0 Å². The molecule has 1 rings (SSSR count). The fourth-order valence-electron chi connectivity index (χ4n) is 2.03. The average molecular weight is 305 g/mol. The number of benzene rings is 1. The van der Waals surface area contributed by atoms with Crippen molar-refractivity contribution in [1.82, 2.24) is 4.90 Å². The zero-order valence-electron chi connectivity index (χ0n) is 13.6. The smallest absolute Gasteiger partial charge is 0.306 e. The molecule has 0 heterocycles. The van der Waals surface area contributed by atoms with Crippen LogP contribution in [0, 0.1) is 0 Å². The first-order valence-electron chi connectivity index (χ1n) is 7.91. The van der Waals surface area contributed by atoms with Crippen molar-refractivity contribution in [2.45, 2.75) is 39.7 Å². The van der Waals surface area contributed by atoms with Crippen LogP contribution in [0.25, 0.3) is 0 Å². The largest absolute Gasteiger partial charge is 0.461 e. The van der Waals surface area contributed by atoms with E-state index in [9.17, 15) is 4.79 Å². The third-order valence-corrected chi connectivity index (χ3v) is 3.39. The molecule has 0 spiro atoms. The highest BCUT2D eigenvalue weighted by Gasteiger charge is 2.04. The molecular formula is C17H27N3O2. The lowest BCUT2D eigenvalue weighted by Gasteiger charge is -2.19. The number of carbonyl (C=O) groups is 1. The van der Waals surface area contributed by atoms with Gasteiger partial charge in [-0.05, 0) is 32.3 Å². The van der Waals surface area contributed by atoms with E-state index in [0.717, 1.165) is 31.5 Å². The summed E-state index contributed by atoms with van der Waals surface area (Å²) < 4.78 is 5.22. The van der Waals surface area contributed by atoms with Crippen LogP contribution in [0.2, 0.25) is 0 Å². The van der Waals surface area contributed by atoms with Gasteiger partial charge in [0, 0.05) is 26.1 Å². The Hall–Kier alpha value is -2.04. The second-order valence-corrected chi connectivity index (χ2v) is 5.02. The lowest BCUT2D eigenvalue weighted by Crippen LogP contribution is -2.37. The molecule has 22 heavy (non-hydrogen) atoms. The van der Waals surface area contributed by atoms with Crippen molar-refractivity contribution in [1.29, 1.82) is 0 Å². The number of aliphatic imine (C=N–C) groups is 1. The Morgan fingerprint density at radius 2 is 1.86 bits per heavy atom. The summed E-state index contributed by atoms with van der Waals surface area (Å²) in [6.45, 7) is 6.81. The zero-order chi connectivity index (χ0) is 16.2. The maximum atomic E-state index is 11.6. The fourth-order valence-corrected chi connectivity index (χ4v) is 2.03. The Morgan fingerprint density at radius 1 is 1.18 bits per heavy atom. The van der Waals surface area contributed by atoms with Gasteiger partial charge >= 0.3 is 5.97 Å². The van der Waals surface area contributed by atoms with E-state index >= 15 is 0 Å². The van der Waals surface area contributed by atoms with Crippen molar-refractivity contribution in [2.24, 2.45) is 10.7 Å². The normalized spacial score (nSPS) is 11.3. The Kier molecular flexibility index (Phi) is 8.72. The van der Waals surface area contributed by atoms with Crippen LogP contribution < -0.4 is 5.73 Å². The molecule has 0 unspecified atom stereocenters. The third kappa shape index (κ3) is 7.11. The number of rotatable bonds is 9. The van der Waals surface area contributed by atoms with Crippen molar-refractivity contribution in [3.05, 3.63) is 35.9 Å². The van der Waals surface area contributed by atoms with Crippen LogP contribution in [-0.2, 0) is 16.1 Å². The van der Waals surface area contributed by atoms with Gasteiger partial charge in [-0.25, -0.2) is 0 Å². The number of esters is 1. The predicted molar refractivity (Wildman–Crippen MR) is 89.5 cm³/mol. The summed E-state index contributed by atoms with van der Waals surface area (Å²) in [5.41, 5.74) is 6.88. The van der Waals surface area contributed by atoms with E-state index in [1.807, 2.05) is 35.2 Å². The number of guanidine groups is 1. The standard InChI is InChI=1S/C17H27N3O2/c1-3-20(4-2)17(18)19-13-9-8-12-16(21)22-14-15-10-6-5-7-11-15/h5-7,10-11H,3-4,8-9,12-14H2,1-2H3,(H2,18,19). The summed E-state index contributed by atoms with van der Waals surface area (Å²) in [5.74, 6) is 0.418. The topological polar surface area (TPSA) is 67.9 Å². The average Bonchev–Trinajstić information content (AvgIpc) is 2.54. The van der Waals surface area contributed by atoms with Crippen LogP contribution in [0.3, 0.4) is 0 Å². The molecule has 1 aromatic carbocycles. The van der Waals surface area contributed by atoms with Crippen LogP contribution >= 0.6 is 0 Å². The number of unbranched alkanes of at least 4 members (excludes halogenated alkanes) is 1. The van der Waals surface area contributed by atoms with Gasteiger partial charge in [0.25, 0.3) is 0 Å². The maximum Gasteiger partial charge on any atom is 0.306 e. The Morgan fingerprint density at radius 3 is 2.50 bits per heavy atom. The molecule has 0 aromatic heterocycles. The number of hydrogen-bond donors (Lipinski definition) is 1. The highest BCUT2D eigenvalue weighted by molar-refractivity contribution is 5.77.